The Labute approximate surface area is 79.8 Å². The molecule has 1 rings (SSSR count). The van der Waals surface area contributed by atoms with Crippen LogP contribution in [0.1, 0.15) is 26.7 Å². The first-order chi connectivity index (χ1) is 6.24. The molecule has 0 amide bonds. The van der Waals surface area contributed by atoms with Crippen LogP contribution in [0.15, 0.2) is 0 Å². The Bertz CT molecular complexity index is 188. The standard InChI is InChI=1S/C10H18NO2/c1-8-7-10(9(2)13-8)12-6-4-5-11-3/h3,8-10H,4-7H2,1-2H3/q+1/t8-,9+,10+/m0/s1. The van der Waals surface area contributed by atoms with E-state index in [0.717, 1.165) is 19.4 Å². The second-order valence-electron chi connectivity index (χ2n) is 3.56. The van der Waals surface area contributed by atoms with Gasteiger partial charge in [-0.3, -0.25) is 0 Å². The second-order valence-corrected chi connectivity index (χ2v) is 3.56. The van der Waals surface area contributed by atoms with Crippen LogP contribution < -0.4 is 0 Å². The van der Waals surface area contributed by atoms with Gasteiger partial charge in [-0.25, -0.2) is 0 Å². The highest BCUT2D eigenvalue weighted by Crippen LogP contribution is 2.22. The van der Waals surface area contributed by atoms with Gasteiger partial charge in [0.1, 0.15) is 0 Å². The highest BCUT2D eigenvalue weighted by atomic mass is 16.6. The molecule has 0 bridgehead atoms. The van der Waals surface area contributed by atoms with E-state index in [0.29, 0.717) is 12.6 Å². The van der Waals surface area contributed by atoms with Crippen molar-refractivity contribution in [1.29, 1.82) is 0 Å². The van der Waals surface area contributed by atoms with Gasteiger partial charge >= 0.3 is 0 Å². The van der Waals surface area contributed by atoms with E-state index in [9.17, 15) is 0 Å². The van der Waals surface area contributed by atoms with Crippen molar-refractivity contribution in [2.24, 2.45) is 0 Å². The van der Waals surface area contributed by atoms with Gasteiger partial charge in [-0.05, 0) is 13.8 Å². The Balaban J connectivity index is 2.11. The van der Waals surface area contributed by atoms with Crippen LogP contribution in [-0.2, 0) is 9.47 Å². The summed E-state index contributed by atoms with van der Waals surface area (Å²) in [4.78, 5) is 3.52. The third-order valence-corrected chi connectivity index (χ3v) is 2.30. The van der Waals surface area contributed by atoms with Crippen LogP contribution in [-0.4, -0.2) is 31.5 Å². The number of nitrogens with zero attached hydrogens (tertiary/aromatic N) is 1. The third kappa shape index (κ3) is 3.33. The summed E-state index contributed by atoms with van der Waals surface area (Å²) in [6.07, 6.45) is 2.71. The van der Waals surface area contributed by atoms with Crippen LogP contribution in [0, 0.1) is 6.57 Å². The summed E-state index contributed by atoms with van der Waals surface area (Å²) < 4.78 is 11.2. The molecule has 0 aliphatic carbocycles. The molecule has 74 valence electrons. The van der Waals surface area contributed by atoms with Crippen LogP contribution in [0.4, 0.5) is 0 Å². The Kier molecular flexibility index (Phi) is 4.20. The van der Waals surface area contributed by atoms with Gasteiger partial charge in [0.05, 0.1) is 24.9 Å². The first-order valence-corrected chi connectivity index (χ1v) is 4.87. The molecule has 0 aromatic heterocycles. The summed E-state index contributed by atoms with van der Waals surface area (Å²) in [5.41, 5.74) is 0. The molecule has 3 nitrogen and oxygen atoms in total. The van der Waals surface area contributed by atoms with E-state index < -0.39 is 0 Å². The molecule has 1 fully saturated rings. The lowest BCUT2D eigenvalue weighted by Gasteiger charge is -2.13. The van der Waals surface area contributed by atoms with Crippen LogP contribution in [0.2, 0.25) is 0 Å². The van der Waals surface area contributed by atoms with Crippen LogP contribution in [0.25, 0.3) is 4.85 Å². The topological polar surface area (TPSA) is 22.8 Å². The lowest BCUT2D eigenvalue weighted by atomic mass is 10.1. The first kappa shape index (κ1) is 10.5. The zero-order valence-corrected chi connectivity index (χ0v) is 8.40. The number of hydrogen-bond donors (Lipinski definition) is 0. The first-order valence-electron chi connectivity index (χ1n) is 4.87. The van der Waals surface area contributed by atoms with Crippen molar-refractivity contribution in [3.63, 3.8) is 0 Å². The molecule has 0 aromatic carbocycles. The van der Waals surface area contributed by atoms with Crippen molar-refractivity contribution in [1.82, 2.24) is 0 Å². The van der Waals surface area contributed by atoms with Crippen molar-refractivity contribution in [3.8, 4) is 6.57 Å². The van der Waals surface area contributed by atoms with E-state index in [1.165, 1.54) is 0 Å². The second kappa shape index (κ2) is 5.21. The van der Waals surface area contributed by atoms with Gasteiger partial charge in [-0.1, -0.05) is 4.85 Å². The fourth-order valence-electron chi connectivity index (χ4n) is 1.62. The average molecular weight is 184 g/mol. The molecule has 3 atom stereocenters. The molecule has 0 N–H and O–H groups in total. The summed E-state index contributed by atoms with van der Waals surface area (Å²) in [6, 6.07) is 0. The van der Waals surface area contributed by atoms with E-state index >= 15 is 0 Å². The lowest BCUT2D eigenvalue weighted by molar-refractivity contribution is -0.00992. The van der Waals surface area contributed by atoms with Crippen molar-refractivity contribution in [3.05, 3.63) is 4.85 Å². The van der Waals surface area contributed by atoms with Gasteiger partial charge in [0.15, 0.2) is 0 Å². The Hall–Kier alpha value is -0.590. The van der Waals surface area contributed by atoms with Crippen molar-refractivity contribution in [2.75, 3.05) is 13.2 Å². The lowest BCUT2D eigenvalue weighted by Crippen LogP contribution is -2.21. The van der Waals surface area contributed by atoms with E-state index in [2.05, 4.69) is 18.7 Å². The zero-order valence-electron chi connectivity index (χ0n) is 8.40. The van der Waals surface area contributed by atoms with Gasteiger partial charge in [0.2, 0.25) is 0 Å². The Morgan fingerprint density at radius 1 is 1.54 bits per heavy atom. The Morgan fingerprint density at radius 3 is 2.85 bits per heavy atom. The van der Waals surface area contributed by atoms with Crippen LogP contribution in [0.3, 0.4) is 0 Å². The molecule has 0 aromatic rings. The number of rotatable bonds is 4. The molecular weight excluding hydrogens is 166 g/mol. The third-order valence-electron chi connectivity index (χ3n) is 2.30. The predicted octanol–water partition coefficient (Wildman–Crippen LogP) is 1.92. The normalized spacial score (nSPS) is 33.2. The van der Waals surface area contributed by atoms with E-state index in [-0.39, 0.29) is 12.2 Å². The van der Waals surface area contributed by atoms with Gasteiger partial charge in [0.25, 0.3) is 13.1 Å². The molecule has 3 heteroatoms. The molecule has 0 unspecified atom stereocenters. The summed E-state index contributed by atoms with van der Waals surface area (Å²) in [5.74, 6) is 0. The van der Waals surface area contributed by atoms with Gasteiger partial charge in [-0.2, -0.15) is 0 Å². The van der Waals surface area contributed by atoms with Gasteiger partial charge in [-0.15, -0.1) is 0 Å². The fraction of sp³-hybridized carbons (Fsp3) is 0.900. The van der Waals surface area contributed by atoms with Crippen molar-refractivity contribution < 1.29 is 9.47 Å². The van der Waals surface area contributed by atoms with Crippen molar-refractivity contribution >= 4 is 0 Å². The maximum atomic E-state index is 5.65. The average Bonchev–Trinajstić information content (AvgIpc) is 2.39. The van der Waals surface area contributed by atoms with E-state index in [1.54, 1.807) is 0 Å². The van der Waals surface area contributed by atoms with Crippen molar-refractivity contribution in [2.45, 2.75) is 45.0 Å². The summed E-state index contributed by atoms with van der Waals surface area (Å²) in [6.45, 7) is 10.6. The molecule has 1 aliphatic heterocycles. The quantitative estimate of drug-likeness (QED) is 0.623. The minimum absolute atomic E-state index is 0.227. The molecule has 13 heavy (non-hydrogen) atoms. The summed E-state index contributed by atoms with van der Waals surface area (Å²) in [5, 5.41) is 0. The zero-order chi connectivity index (χ0) is 9.68. The minimum atomic E-state index is 0.227. The Morgan fingerprint density at radius 2 is 2.31 bits per heavy atom. The maximum Gasteiger partial charge on any atom is 0.265 e. The molecule has 1 aliphatic rings. The molecule has 0 saturated carbocycles. The van der Waals surface area contributed by atoms with Gasteiger partial charge in [0, 0.05) is 12.8 Å². The summed E-state index contributed by atoms with van der Waals surface area (Å²) >= 11 is 0. The minimum Gasteiger partial charge on any atom is -0.375 e. The number of ether oxygens (including phenoxy) is 2. The number of hydrogen-bond acceptors (Lipinski definition) is 2. The van der Waals surface area contributed by atoms with E-state index in [1.807, 2.05) is 0 Å². The molecule has 1 saturated heterocycles. The smallest absolute Gasteiger partial charge is 0.265 e. The van der Waals surface area contributed by atoms with Crippen LogP contribution >= 0.6 is 0 Å². The summed E-state index contributed by atoms with van der Waals surface area (Å²) in [7, 11) is 0. The van der Waals surface area contributed by atoms with E-state index in [4.69, 9.17) is 16.0 Å². The fourth-order valence-corrected chi connectivity index (χ4v) is 1.62. The molecule has 0 radical (unpaired) electrons. The molecular formula is C10H18NO2+. The largest absolute Gasteiger partial charge is 0.375 e. The highest BCUT2D eigenvalue weighted by molar-refractivity contribution is 4.78. The molecule has 1 heterocycles. The van der Waals surface area contributed by atoms with Crippen LogP contribution in [0.5, 0.6) is 0 Å². The maximum absolute atomic E-state index is 5.65. The SMILES string of the molecule is C#[N+]CCCO[C@@H]1C[C@H](C)O[C@@H]1C. The molecule has 0 spiro atoms. The highest BCUT2D eigenvalue weighted by Gasteiger charge is 2.29. The predicted molar refractivity (Wildman–Crippen MR) is 52.2 cm³/mol. The van der Waals surface area contributed by atoms with Gasteiger partial charge < -0.3 is 9.47 Å². The monoisotopic (exact) mass is 184 g/mol.